The molecule has 5 heteroatoms. The van der Waals surface area contributed by atoms with E-state index in [0.29, 0.717) is 30.8 Å². The van der Waals surface area contributed by atoms with Gasteiger partial charge in [0.15, 0.2) is 0 Å². The molecule has 0 unspecified atom stereocenters. The van der Waals surface area contributed by atoms with Gasteiger partial charge in [0, 0.05) is 12.8 Å². The molecule has 0 aliphatic carbocycles. The van der Waals surface area contributed by atoms with Crippen LogP contribution < -0.4 is 0 Å². The summed E-state index contributed by atoms with van der Waals surface area (Å²) in [6.45, 7) is 2.26. The van der Waals surface area contributed by atoms with Crippen molar-refractivity contribution in [3.8, 4) is 0 Å². The van der Waals surface area contributed by atoms with E-state index in [2.05, 4.69) is 6.92 Å². The lowest BCUT2D eigenvalue weighted by Gasteiger charge is -2.02. The van der Waals surface area contributed by atoms with E-state index < -0.39 is 0 Å². The molecule has 1 N–H and O–H groups in total. The van der Waals surface area contributed by atoms with Crippen molar-refractivity contribution in [3.05, 3.63) is 0 Å². The van der Waals surface area contributed by atoms with Crippen LogP contribution >= 0.6 is 0 Å². The van der Waals surface area contributed by atoms with Crippen LogP contribution in [0.1, 0.15) is 84.0 Å². The minimum Gasteiger partial charge on any atom is -0.463 e. The van der Waals surface area contributed by atoms with Crippen LogP contribution in [0.5, 0.6) is 0 Å². The molecule has 0 aromatic heterocycles. The SMILES string of the molecule is CCCCC[C@@H]1O[C@@H]1C[C@@H]1O[C@@H]1CCCCCCCC(=O)OCCO. The fraction of sp³-hybridized carbons (Fsp3) is 0.950. The summed E-state index contributed by atoms with van der Waals surface area (Å²) < 4.78 is 16.3. The molecular formula is C20H36O5. The Balaban J connectivity index is 1.33. The van der Waals surface area contributed by atoms with E-state index in [1.54, 1.807) is 0 Å². The summed E-state index contributed by atoms with van der Waals surface area (Å²) in [5, 5.41) is 8.57. The van der Waals surface area contributed by atoms with Gasteiger partial charge in [0.25, 0.3) is 0 Å². The third-order valence-electron chi connectivity index (χ3n) is 5.16. The fourth-order valence-corrected chi connectivity index (χ4v) is 3.48. The van der Waals surface area contributed by atoms with Crippen LogP contribution in [-0.2, 0) is 19.0 Å². The Bertz CT molecular complexity index is 373. The summed E-state index contributed by atoms with van der Waals surface area (Å²) in [6.07, 6.45) is 15.3. The van der Waals surface area contributed by atoms with Crippen LogP contribution in [0, 0.1) is 0 Å². The second-order valence-corrected chi connectivity index (χ2v) is 7.41. The minimum atomic E-state index is -0.196. The van der Waals surface area contributed by atoms with E-state index in [1.807, 2.05) is 0 Å². The summed E-state index contributed by atoms with van der Waals surface area (Å²) in [6, 6.07) is 0. The van der Waals surface area contributed by atoms with Gasteiger partial charge in [-0.2, -0.15) is 0 Å². The van der Waals surface area contributed by atoms with Gasteiger partial charge < -0.3 is 19.3 Å². The summed E-state index contributed by atoms with van der Waals surface area (Å²) in [7, 11) is 0. The van der Waals surface area contributed by atoms with E-state index in [-0.39, 0.29) is 19.2 Å². The molecule has 0 amide bonds. The maximum Gasteiger partial charge on any atom is 0.305 e. The number of carbonyl (C=O) groups is 1. The number of unbranched alkanes of at least 4 members (excludes halogenated alkanes) is 6. The molecule has 0 bridgehead atoms. The average Bonchev–Trinajstić information content (AvgIpc) is 3.52. The average molecular weight is 357 g/mol. The van der Waals surface area contributed by atoms with Gasteiger partial charge in [-0.15, -0.1) is 0 Å². The molecule has 0 radical (unpaired) electrons. The van der Waals surface area contributed by atoms with E-state index >= 15 is 0 Å². The molecule has 0 aromatic carbocycles. The molecule has 2 aliphatic heterocycles. The van der Waals surface area contributed by atoms with Crippen molar-refractivity contribution in [1.82, 2.24) is 0 Å². The molecule has 0 aromatic rings. The number of esters is 1. The third-order valence-corrected chi connectivity index (χ3v) is 5.16. The first-order chi connectivity index (χ1) is 12.2. The second kappa shape index (κ2) is 11.9. The Hall–Kier alpha value is -0.650. The van der Waals surface area contributed by atoms with Gasteiger partial charge in [-0.25, -0.2) is 0 Å². The Kier molecular flexibility index (Phi) is 9.81. The number of hydrogen-bond donors (Lipinski definition) is 1. The number of epoxide rings is 2. The highest BCUT2D eigenvalue weighted by Gasteiger charge is 2.47. The zero-order chi connectivity index (χ0) is 17.9. The molecular weight excluding hydrogens is 320 g/mol. The Morgan fingerprint density at radius 1 is 0.880 bits per heavy atom. The second-order valence-electron chi connectivity index (χ2n) is 7.41. The van der Waals surface area contributed by atoms with Gasteiger partial charge in [-0.1, -0.05) is 51.9 Å². The van der Waals surface area contributed by atoms with Gasteiger partial charge in [-0.05, 0) is 19.3 Å². The molecule has 5 nitrogen and oxygen atoms in total. The Morgan fingerprint density at radius 2 is 1.48 bits per heavy atom. The first-order valence-electron chi connectivity index (χ1n) is 10.3. The van der Waals surface area contributed by atoms with Crippen molar-refractivity contribution in [2.75, 3.05) is 13.2 Å². The molecule has 25 heavy (non-hydrogen) atoms. The molecule has 2 heterocycles. The number of rotatable bonds is 16. The maximum absolute atomic E-state index is 11.3. The maximum atomic E-state index is 11.3. The van der Waals surface area contributed by atoms with Crippen molar-refractivity contribution in [2.45, 2.75) is 108 Å². The smallest absolute Gasteiger partial charge is 0.305 e. The number of aliphatic hydroxyl groups is 1. The van der Waals surface area contributed by atoms with E-state index in [4.69, 9.17) is 19.3 Å². The van der Waals surface area contributed by atoms with Crippen LogP contribution in [-0.4, -0.2) is 48.7 Å². The fourth-order valence-electron chi connectivity index (χ4n) is 3.48. The summed E-state index contributed by atoms with van der Waals surface area (Å²) >= 11 is 0. The Labute approximate surface area is 152 Å². The number of ether oxygens (including phenoxy) is 3. The predicted molar refractivity (Wildman–Crippen MR) is 96.4 cm³/mol. The lowest BCUT2D eigenvalue weighted by Crippen LogP contribution is -2.07. The van der Waals surface area contributed by atoms with Crippen molar-refractivity contribution < 1.29 is 24.1 Å². The number of carbonyl (C=O) groups excluding carboxylic acids is 1. The van der Waals surface area contributed by atoms with Crippen molar-refractivity contribution in [2.24, 2.45) is 0 Å². The van der Waals surface area contributed by atoms with Crippen LogP contribution in [0.4, 0.5) is 0 Å². The molecule has 146 valence electrons. The van der Waals surface area contributed by atoms with Crippen LogP contribution in [0.2, 0.25) is 0 Å². The quantitative estimate of drug-likeness (QED) is 0.259. The monoisotopic (exact) mass is 356 g/mol. The lowest BCUT2D eigenvalue weighted by atomic mass is 10.0. The van der Waals surface area contributed by atoms with Gasteiger partial charge in [0.05, 0.1) is 31.0 Å². The van der Waals surface area contributed by atoms with Gasteiger partial charge >= 0.3 is 5.97 Å². The van der Waals surface area contributed by atoms with Crippen LogP contribution in [0.15, 0.2) is 0 Å². The van der Waals surface area contributed by atoms with E-state index in [9.17, 15) is 4.79 Å². The highest BCUT2D eigenvalue weighted by Crippen LogP contribution is 2.39. The molecule has 4 atom stereocenters. The van der Waals surface area contributed by atoms with Gasteiger partial charge in [0.2, 0.25) is 0 Å². The summed E-state index contributed by atoms with van der Waals surface area (Å²) in [5.74, 6) is -0.196. The minimum absolute atomic E-state index is 0.0949. The zero-order valence-electron chi connectivity index (χ0n) is 15.8. The summed E-state index contributed by atoms with van der Waals surface area (Å²) in [5.41, 5.74) is 0. The van der Waals surface area contributed by atoms with Gasteiger partial charge in [0.1, 0.15) is 6.61 Å². The molecule has 2 rings (SSSR count). The van der Waals surface area contributed by atoms with E-state index in [1.165, 1.54) is 38.5 Å². The van der Waals surface area contributed by atoms with Crippen molar-refractivity contribution in [1.29, 1.82) is 0 Å². The first kappa shape index (κ1) is 20.7. The van der Waals surface area contributed by atoms with Crippen LogP contribution in [0.3, 0.4) is 0 Å². The van der Waals surface area contributed by atoms with E-state index in [0.717, 1.165) is 32.1 Å². The molecule has 2 aliphatic rings. The molecule has 0 saturated carbocycles. The van der Waals surface area contributed by atoms with Crippen LogP contribution in [0.25, 0.3) is 0 Å². The Morgan fingerprint density at radius 3 is 2.12 bits per heavy atom. The topological polar surface area (TPSA) is 71.6 Å². The van der Waals surface area contributed by atoms with Gasteiger partial charge in [-0.3, -0.25) is 4.79 Å². The highest BCUT2D eigenvalue weighted by molar-refractivity contribution is 5.69. The van der Waals surface area contributed by atoms with Crippen molar-refractivity contribution >= 4 is 5.97 Å². The zero-order valence-corrected chi connectivity index (χ0v) is 15.8. The standard InChI is InChI=1S/C20H36O5/c1-2-3-7-10-16-18(24-16)15-19-17(25-19)11-8-5-4-6-9-12-20(22)23-14-13-21/h16-19,21H,2-15H2,1H3/t16-,17+,18+,19-/m0/s1. The molecule has 0 spiro atoms. The first-order valence-corrected chi connectivity index (χ1v) is 10.3. The number of aliphatic hydroxyl groups excluding tert-OH is 1. The largest absolute Gasteiger partial charge is 0.463 e. The predicted octanol–water partition coefficient (Wildman–Crippen LogP) is 3.76. The highest BCUT2D eigenvalue weighted by atomic mass is 16.6. The third kappa shape index (κ3) is 9.02. The summed E-state index contributed by atoms with van der Waals surface area (Å²) in [4.78, 5) is 11.3. The number of hydrogen-bond acceptors (Lipinski definition) is 5. The lowest BCUT2D eigenvalue weighted by molar-refractivity contribution is -0.144. The molecule has 2 saturated heterocycles. The van der Waals surface area contributed by atoms with Crippen molar-refractivity contribution in [3.63, 3.8) is 0 Å². The normalized spacial score (nSPS) is 27.3. The molecule has 2 fully saturated rings.